The maximum atomic E-state index is 14.4. The molecular formula is C22H18ClF3N2O4S2. The van der Waals surface area contributed by atoms with Crippen LogP contribution in [0.1, 0.15) is 28.1 Å². The Morgan fingerprint density at radius 2 is 2.03 bits per heavy atom. The highest BCUT2D eigenvalue weighted by Crippen LogP contribution is 2.53. The number of hydrogen-bond acceptors (Lipinski definition) is 8. The molecule has 4 atom stereocenters. The lowest BCUT2D eigenvalue weighted by Crippen LogP contribution is -2.59. The zero-order valence-electron chi connectivity index (χ0n) is 17.6. The van der Waals surface area contributed by atoms with Crippen LogP contribution >= 0.6 is 34.7 Å². The number of carbonyl (C=O) groups excluding carboxylic acids is 2. The molecule has 0 fully saturated rings. The Kier molecular flexibility index (Phi) is 8.08. The van der Waals surface area contributed by atoms with E-state index in [0.717, 1.165) is 11.3 Å². The number of aliphatic hydroxyl groups is 1. The van der Waals surface area contributed by atoms with E-state index >= 15 is 0 Å². The van der Waals surface area contributed by atoms with Gasteiger partial charge in [-0.2, -0.15) is 18.4 Å². The van der Waals surface area contributed by atoms with Gasteiger partial charge in [0.1, 0.15) is 5.92 Å². The van der Waals surface area contributed by atoms with Crippen molar-refractivity contribution in [3.05, 3.63) is 57.2 Å². The topological polar surface area (TPSA) is 99.8 Å². The largest absolute Gasteiger partial charge is 0.465 e. The first-order chi connectivity index (χ1) is 16.0. The van der Waals surface area contributed by atoms with Crippen molar-refractivity contribution in [1.82, 2.24) is 0 Å². The number of ketones is 1. The van der Waals surface area contributed by atoms with E-state index < -0.39 is 52.2 Å². The highest BCUT2D eigenvalue weighted by molar-refractivity contribution is 8.14. The number of thiophene rings is 1. The van der Waals surface area contributed by atoms with Crippen LogP contribution in [0.4, 0.5) is 13.2 Å². The van der Waals surface area contributed by atoms with Crippen LogP contribution < -0.4 is 0 Å². The second kappa shape index (κ2) is 10.5. The van der Waals surface area contributed by atoms with Gasteiger partial charge in [0.25, 0.3) is 5.72 Å². The first kappa shape index (κ1) is 26.2. The lowest BCUT2D eigenvalue weighted by atomic mass is 9.68. The number of benzene rings is 1. The summed E-state index contributed by atoms with van der Waals surface area (Å²) in [4.78, 5) is 28.7. The summed E-state index contributed by atoms with van der Waals surface area (Å²) in [6, 6.07) is 10.6. The van der Waals surface area contributed by atoms with Crippen LogP contribution in [-0.4, -0.2) is 46.2 Å². The standard InChI is InChI=1S/C22H18ClF3N2O4S2/c1-2-32-16(29)11-34-20-13(10-27)17(12-6-3-4-7-14(12)23)18(19(30)15-8-5-9-33-15)21(31,28-20)22(24,25)26/h3-9,13,17-18,31H,2,11H2,1H3/t13?,17-,18-,21-/m0/s1. The number of thioether (sulfide) groups is 1. The zero-order chi connectivity index (χ0) is 25.1. The monoisotopic (exact) mass is 530 g/mol. The predicted octanol–water partition coefficient (Wildman–Crippen LogP) is 5.08. The fourth-order valence-corrected chi connectivity index (χ4v) is 5.66. The lowest BCUT2D eigenvalue weighted by molar-refractivity contribution is -0.274. The molecule has 0 spiro atoms. The number of Topliss-reactive ketones (excluding diaryl/α,β-unsaturated/α-hetero) is 1. The summed E-state index contributed by atoms with van der Waals surface area (Å²) in [7, 11) is 0. The highest BCUT2D eigenvalue weighted by atomic mass is 35.5. The second-order valence-electron chi connectivity index (χ2n) is 7.24. The molecule has 1 aliphatic heterocycles. The van der Waals surface area contributed by atoms with Gasteiger partial charge < -0.3 is 9.84 Å². The molecule has 0 bridgehead atoms. The van der Waals surface area contributed by atoms with Crippen molar-refractivity contribution in [3.63, 3.8) is 0 Å². The van der Waals surface area contributed by atoms with Gasteiger partial charge in [0.2, 0.25) is 0 Å². The molecule has 1 N–H and O–H groups in total. The first-order valence-corrected chi connectivity index (χ1v) is 12.2. The number of carbonyl (C=O) groups is 2. The van der Waals surface area contributed by atoms with E-state index in [2.05, 4.69) is 4.99 Å². The predicted molar refractivity (Wildman–Crippen MR) is 123 cm³/mol. The molecule has 0 amide bonds. The van der Waals surface area contributed by atoms with Gasteiger partial charge in [-0.1, -0.05) is 47.6 Å². The average molecular weight is 531 g/mol. The average Bonchev–Trinajstić information content (AvgIpc) is 3.32. The molecule has 6 nitrogen and oxygen atoms in total. The number of aliphatic imine (C=N–C) groups is 1. The van der Waals surface area contributed by atoms with E-state index in [9.17, 15) is 33.1 Å². The maximum absolute atomic E-state index is 14.4. The van der Waals surface area contributed by atoms with Crippen LogP contribution in [0.2, 0.25) is 5.02 Å². The van der Waals surface area contributed by atoms with Crippen molar-refractivity contribution >= 4 is 51.5 Å². The van der Waals surface area contributed by atoms with Crippen LogP contribution in [0.3, 0.4) is 0 Å². The number of alkyl halides is 3. The third kappa shape index (κ3) is 5.00. The SMILES string of the molecule is CCOC(=O)CSC1=N[C@@](O)(C(F)(F)F)[C@H](C(=O)c2cccs2)[C@@H](c2ccccc2Cl)C1C#N. The summed E-state index contributed by atoms with van der Waals surface area (Å²) in [5.74, 6) is -7.26. The number of ether oxygens (including phenoxy) is 1. The Labute approximate surface area is 206 Å². The van der Waals surface area contributed by atoms with Crippen molar-refractivity contribution in [2.45, 2.75) is 24.7 Å². The molecule has 1 aromatic heterocycles. The zero-order valence-corrected chi connectivity index (χ0v) is 20.0. The molecule has 34 heavy (non-hydrogen) atoms. The number of nitriles is 1. The fourth-order valence-electron chi connectivity index (χ4n) is 3.76. The Hall–Kier alpha value is -2.39. The van der Waals surface area contributed by atoms with Crippen molar-refractivity contribution in [1.29, 1.82) is 5.26 Å². The summed E-state index contributed by atoms with van der Waals surface area (Å²) in [6.07, 6.45) is -5.37. The maximum Gasteiger partial charge on any atom is 0.439 e. The molecule has 2 heterocycles. The number of esters is 1. The first-order valence-electron chi connectivity index (χ1n) is 9.94. The molecule has 12 heteroatoms. The van der Waals surface area contributed by atoms with E-state index in [1.54, 1.807) is 13.0 Å². The number of rotatable bonds is 6. The van der Waals surface area contributed by atoms with Crippen LogP contribution in [0.5, 0.6) is 0 Å². The summed E-state index contributed by atoms with van der Waals surface area (Å²) in [5, 5.41) is 22.1. The van der Waals surface area contributed by atoms with E-state index in [4.69, 9.17) is 16.3 Å². The van der Waals surface area contributed by atoms with Crippen molar-refractivity contribution < 1.29 is 32.6 Å². The van der Waals surface area contributed by atoms with Crippen molar-refractivity contribution in [2.24, 2.45) is 16.8 Å². The number of halogens is 4. The van der Waals surface area contributed by atoms with Gasteiger partial charge >= 0.3 is 12.1 Å². The van der Waals surface area contributed by atoms with Crippen molar-refractivity contribution in [2.75, 3.05) is 12.4 Å². The molecule has 0 saturated heterocycles. The molecule has 180 valence electrons. The van der Waals surface area contributed by atoms with Gasteiger partial charge in [-0.05, 0) is 30.0 Å². The van der Waals surface area contributed by atoms with Gasteiger partial charge in [0.05, 0.1) is 34.3 Å². The van der Waals surface area contributed by atoms with Crippen molar-refractivity contribution in [3.8, 4) is 6.07 Å². The van der Waals surface area contributed by atoms with Gasteiger partial charge in [0.15, 0.2) is 5.78 Å². The molecular weight excluding hydrogens is 513 g/mol. The van der Waals surface area contributed by atoms with Gasteiger partial charge in [-0.25, -0.2) is 4.99 Å². The van der Waals surface area contributed by atoms with Crippen LogP contribution in [0.15, 0.2) is 46.8 Å². The molecule has 0 aliphatic carbocycles. The normalized spacial score (nSPS) is 24.7. The van der Waals surface area contributed by atoms with E-state index in [1.807, 2.05) is 6.07 Å². The molecule has 0 radical (unpaired) electrons. The highest BCUT2D eigenvalue weighted by Gasteiger charge is 2.67. The Bertz CT molecular complexity index is 1130. The minimum atomic E-state index is -5.37. The number of hydrogen-bond donors (Lipinski definition) is 1. The summed E-state index contributed by atoms with van der Waals surface area (Å²) < 4.78 is 47.9. The molecule has 2 aromatic rings. The fraction of sp³-hybridized carbons (Fsp3) is 0.364. The van der Waals surface area contributed by atoms with Gasteiger partial charge in [-0.3, -0.25) is 9.59 Å². The molecule has 1 aliphatic rings. The van der Waals surface area contributed by atoms with E-state index in [0.29, 0.717) is 11.8 Å². The van der Waals surface area contributed by atoms with Crippen LogP contribution in [0, 0.1) is 23.2 Å². The van der Waals surface area contributed by atoms with E-state index in [1.165, 1.54) is 35.7 Å². The third-order valence-corrected chi connectivity index (χ3v) is 7.46. The molecule has 0 saturated carbocycles. The smallest absolute Gasteiger partial charge is 0.439 e. The minimum Gasteiger partial charge on any atom is -0.465 e. The van der Waals surface area contributed by atoms with Gasteiger partial charge in [0, 0.05) is 10.9 Å². The summed E-state index contributed by atoms with van der Waals surface area (Å²) in [6.45, 7) is 1.62. The Morgan fingerprint density at radius 3 is 2.59 bits per heavy atom. The Balaban J connectivity index is 2.25. The molecule has 1 unspecified atom stereocenters. The lowest BCUT2D eigenvalue weighted by Gasteiger charge is -2.44. The van der Waals surface area contributed by atoms with Crippen LogP contribution in [-0.2, 0) is 9.53 Å². The van der Waals surface area contributed by atoms with E-state index in [-0.39, 0.29) is 22.1 Å². The second-order valence-corrected chi connectivity index (χ2v) is 9.59. The molecule has 1 aromatic carbocycles. The summed E-state index contributed by atoms with van der Waals surface area (Å²) in [5.41, 5.74) is -3.78. The summed E-state index contributed by atoms with van der Waals surface area (Å²) >= 11 is 7.76. The minimum absolute atomic E-state index is 0.0258. The third-order valence-electron chi connectivity index (χ3n) is 5.21. The number of nitrogens with zero attached hydrogens (tertiary/aromatic N) is 2. The van der Waals surface area contributed by atoms with Crippen LogP contribution in [0.25, 0.3) is 0 Å². The Morgan fingerprint density at radius 1 is 1.32 bits per heavy atom. The van der Waals surface area contributed by atoms with Gasteiger partial charge in [-0.15, -0.1) is 11.3 Å². The molecule has 3 rings (SSSR count). The quantitative estimate of drug-likeness (QED) is 0.413.